The summed E-state index contributed by atoms with van der Waals surface area (Å²) in [6.45, 7) is 6.25. The molecule has 0 unspecified atom stereocenters. The van der Waals surface area contributed by atoms with Crippen LogP contribution >= 0.6 is 0 Å². The highest BCUT2D eigenvalue weighted by Gasteiger charge is 2.56. The average Bonchev–Trinajstić information content (AvgIpc) is 2.57. The number of allylic oxidation sites excluding steroid dienone is 3. The normalized spacial score (nSPS) is 28.8. The number of hydrogen-bond donors (Lipinski definition) is 1. The fourth-order valence-electron chi connectivity index (χ4n) is 4.31. The number of ether oxygens (including phenoxy) is 1. The molecule has 0 fully saturated rings. The summed E-state index contributed by atoms with van der Waals surface area (Å²) in [5, 5.41) is 10.1. The number of methoxy groups -OCH3 is 1. The van der Waals surface area contributed by atoms with E-state index in [9.17, 15) is 14.7 Å². The monoisotopic (exact) mass is 326 g/mol. The highest BCUT2D eigenvalue weighted by atomic mass is 16.5. The first kappa shape index (κ1) is 16.7. The van der Waals surface area contributed by atoms with Gasteiger partial charge in [0, 0.05) is 30.6 Å². The molecule has 1 N–H and O–H groups in total. The van der Waals surface area contributed by atoms with Crippen molar-refractivity contribution in [2.45, 2.75) is 19.8 Å². The van der Waals surface area contributed by atoms with Gasteiger partial charge < -0.3 is 9.84 Å². The lowest BCUT2D eigenvalue weighted by Gasteiger charge is -2.48. The standard InChI is InChI=1S/C20H22O4/c1-4-12-8-9-15-18(22)17-13(6-5-7-16(17)21)19(23)20(15,2)14(12)10-11-24-3/h4-8,14-15,21H,1,9-11H2,2-3H3/t14-,15-,20-/m0/s1. The van der Waals surface area contributed by atoms with Gasteiger partial charge in [-0.25, -0.2) is 0 Å². The molecule has 126 valence electrons. The molecule has 1 aromatic rings. The number of fused-ring (bicyclic) bond motifs is 2. The Labute approximate surface area is 141 Å². The minimum absolute atomic E-state index is 0.0773. The molecule has 0 saturated heterocycles. The van der Waals surface area contributed by atoms with Gasteiger partial charge in [-0.15, -0.1) is 0 Å². The minimum Gasteiger partial charge on any atom is -0.507 e. The van der Waals surface area contributed by atoms with Gasteiger partial charge in [0.25, 0.3) is 0 Å². The van der Waals surface area contributed by atoms with Crippen LogP contribution in [0.1, 0.15) is 40.5 Å². The van der Waals surface area contributed by atoms with E-state index in [1.807, 2.05) is 13.0 Å². The highest BCUT2D eigenvalue weighted by molar-refractivity contribution is 6.19. The van der Waals surface area contributed by atoms with E-state index in [0.29, 0.717) is 25.0 Å². The van der Waals surface area contributed by atoms with Gasteiger partial charge in [-0.1, -0.05) is 37.8 Å². The molecular formula is C20H22O4. The number of benzene rings is 1. The van der Waals surface area contributed by atoms with Crippen molar-refractivity contribution in [3.05, 3.63) is 53.6 Å². The van der Waals surface area contributed by atoms with Crippen LogP contribution in [0.3, 0.4) is 0 Å². The van der Waals surface area contributed by atoms with Crippen LogP contribution in [0.2, 0.25) is 0 Å². The third-order valence-electron chi connectivity index (χ3n) is 5.62. The summed E-state index contributed by atoms with van der Waals surface area (Å²) in [7, 11) is 1.63. The molecule has 0 spiro atoms. The lowest BCUT2D eigenvalue weighted by molar-refractivity contribution is 0.0387. The second-order valence-electron chi connectivity index (χ2n) is 6.71. The molecular weight excluding hydrogens is 304 g/mol. The number of rotatable bonds is 4. The molecule has 0 aliphatic heterocycles. The van der Waals surface area contributed by atoms with Gasteiger partial charge in [0.2, 0.25) is 0 Å². The fourth-order valence-corrected chi connectivity index (χ4v) is 4.31. The maximum atomic E-state index is 13.3. The van der Waals surface area contributed by atoms with Crippen molar-refractivity contribution in [3.63, 3.8) is 0 Å². The summed E-state index contributed by atoms with van der Waals surface area (Å²) in [5.41, 5.74) is 0.655. The van der Waals surface area contributed by atoms with Crippen LogP contribution in [-0.2, 0) is 4.74 Å². The van der Waals surface area contributed by atoms with Gasteiger partial charge >= 0.3 is 0 Å². The number of ketones is 2. The zero-order valence-corrected chi connectivity index (χ0v) is 14.0. The Balaban J connectivity index is 2.18. The highest BCUT2D eigenvalue weighted by Crippen LogP contribution is 2.54. The summed E-state index contributed by atoms with van der Waals surface area (Å²) in [5.74, 6) is -0.921. The van der Waals surface area contributed by atoms with Crippen LogP contribution in [0.5, 0.6) is 5.75 Å². The Bertz CT molecular complexity index is 746. The molecule has 0 amide bonds. The van der Waals surface area contributed by atoms with Crippen molar-refractivity contribution in [1.29, 1.82) is 0 Å². The molecule has 4 heteroatoms. The zero-order chi connectivity index (χ0) is 17.5. The smallest absolute Gasteiger partial charge is 0.171 e. The van der Waals surface area contributed by atoms with Crippen LogP contribution in [-0.4, -0.2) is 30.4 Å². The minimum atomic E-state index is -0.839. The number of aromatic hydroxyl groups is 1. The molecule has 0 saturated carbocycles. The first-order chi connectivity index (χ1) is 11.5. The van der Waals surface area contributed by atoms with E-state index in [-0.39, 0.29) is 28.8 Å². The summed E-state index contributed by atoms with van der Waals surface area (Å²) in [4.78, 5) is 26.4. The molecule has 4 nitrogen and oxygen atoms in total. The predicted octanol–water partition coefficient (Wildman–Crippen LogP) is 3.56. The Kier molecular flexibility index (Phi) is 4.18. The summed E-state index contributed by atoms with van der Waals surface area (Å²) >= 11 is 0. The van der Waals surface area contributed by atoms with Crippen molar-refractivity contribution in [3.8, 4) is 5.75 Å². The number of carbonyl (C=O) groups excluding carboxylic acids is 2. The van der Waals surface area contributed by atoms with Crippen LogP contribution in [0.4, 0.5) is 0 Å². The summed E-state index contributed by atoms with van der Waals surface area (Å²) < 4.78 is 5.22. The van der Waals surface area contributed by atoms with Crippen LogP contribution in [0.25, 0.3) is 0 Å². The van der Waals surface area contributed by atoms with E-state index >= 15 is 0 Å². The van der Waals surface area contributed by atoms with E-state index in [1.54, 1.807) is 25.3 Å². The van der Waals surface area contributed by atoms with Crippen molar-refractivity contribution < 1.29 is 19.4 Å². The molecule has 0 aromatic heterocycles. The first-order valence-electron chi connectivity index (χ1n) is 8.19. The topological polar surface area (TPSA) is 63.6 Å². The van der Waals surface area contributed by atoms with E-state index in [1.165, 1.54) is 6.07 Å². The zero-order valence-electron chi connectivity index (χ0n) is 14.0. The lowest BCUT2D eigenvalue weighted by atomic mass is 9.53. The van der Waals surface area contributed by atoms with E-state index in [4.69, 9.17) is 4.74 Å². The molecule has 0 radical (unpaired) electrons. The number of carbonyl (C=O) groups is 2. The molecule has 3 rings (SSSR count). The second kappa shape index (κ2) is 6.02. The molecule has 24 heavy (non-hydrogen) atoms. The summed E-state index contributed by atoms with van der Waals surface area (Å²) in [6.07, 6.45) is 4.90. The van der Waals surface area contributed by atoms with Gasteiger partial charge in [-0.3, -0.25) is 9.59 Å². The van der Waals surface area contributed by atoms with Gasteiger partial charge in [0.15, 0.2) is 11.6 Å². The van der Waals surface area contributed by atoms with Crippen LogP contribution in [0, 0.1) is 17.3 Å². The maximum Gasteiger partial charge on any atom is 0.171 e. The fraction of sp³-hybridized carbons (Fsp3) is 0.400. The predicted molar refractivity (Wildman–Crippen MR) is 91.2 cm³/mol. The van der Waals surface area contributed by atoms with E-state index in [0.717, 1.165) is 5.57 Å². The molecule has 2 aliphatic rings. The molecule has 0 heterocycles. The van der Waals surface area contributed by atoms with Gasteiger partial charge in [-0.05, 0) is 30.4 Å². The Morgan fingerprint density at radius 2 is 2.17 bits per heavy atom. The third kappa shape index (κ3) is 2.17. The first-order valence-corrected chi connectivity index (χ1v) is 8.19. The van der Waals surface area contributed by atoms with Crippen LogP contribution < -0.4 is 0 Å². The second-order valence-corrected chi connectivity index (χ2v) is 6.71. The van der Waals surface area contributed by atoms with Crippen LogP contribution in [0.15, 0.2) is 42.5 Å². The maximum absolute atomic E-state index is 13.3. The largest absolute Gasteiger partial charge is 0.507 e. The van der Waals surface area contributed by atoms with Crippen molar-refractivity contribution in [1.82, 2.24) is 0 Å². The summed E-state index contributed by atoms with van der Waals surface area (Å²) in [6, 6.07) is 4.71. The Morgan fingerprint density at radius 1 is 1.42 bits per heavy atom. The third-order valence-corrected chi connectivity index (χ3v) is 5.62. The SMILES string of the molecule is C=CC1=CC[C@H]2C(=O)c3c(O)cccc3C(=O)[C@@]2(C)[C@H]1CCOC. The number of hydrogen-bond acceptors (Lipinski definition) is 4. The van der Waals surface area contributed by atoms with E-state index in [2.05, 4.69) is 6.58 Å². The molecule has 2 aliphatic carbocycles. The number of Topliss-reactive ketones (excluding diaryl/α,β-unsaturated/α-hetero) is 2. The molecule has 1 aromatic carbocycles. The number of phenolic OH excluding ortho intramolecular Hbond substituents is 1. The van der Waals surface area contributed by atoms with Gasteiger partial charge in [0.05, 0.1) is 5.56 Å². The lowest BCUT2D eigenvalue weighted by Crippen LogP contribution is -2.52. The van der Waals surface area contributed by atoms with Crippen molar-refractivity contribution >= 4 is 11.6 Å². The Hall–Kier alpha value is -2.20. The van der Waals surface area contributed by atoms with Crippen molar-refractivity contribution in [2.75, 3.05) is 13.7 Å². The quantitative estimate of drug-likeness (QED) is 0.919. The molecule has 3 atom stereocenters. The van der Waals surface area contributed by atoms with E-state index < -0.39 is 11.3 Å². The van der Waals surface area contributed by atoms with Crippen molar-refractivity contribution in [2.24, 2.45) is 17.3 Å². The van der Waals surface area contributed by atoms with Gasteiger partial charge in [-0.2, -0.15) is 0 Å². The number of phenols is 1. The van der Waals surface area contributed by atoms with Gasteiger partial charge in [0.1, 0.15) is 5.75 Å². The average molecular weight is 326 g/mol. The Morgan fingerprint density at radius 3 is 2.83 bits per heavy atom. The molecule has 0 bridgehead atoms.